The Morgan fingerprint density at radius 1 is 1.11 bits per heavy atom. The maximum atomic E-state index is 12.4. The normalized spacial score (nSPS) is 10.3. The minimum absolute atomic E-state index is 0.363. The van der Waals surface area contributed by atoms with Gasteiger partial charge in [0.2, 0.25) is 5.82 Å². The Morgan fingerprint density at radius 3 is 2.00 bits per heavy atom. The molecule has 0 aliphatic rings. The number of imidazole rings is 1. The smallest absolute Gasteiger partial charge is 0.323 e. The van der Waals surface area contributed by atoms with Crippen LogP contribution in [0.3, 0.4) is 0 Å². The molecule has 0 unspecified atom stereocenters. The van der Waals surface area contributed by atoms with Crippen LogP contribution in [0.15, 0.2) is 24.3 Å². The number of benzene rings is 1. The van der Waals surface area contributed by atoms with Crippen LogP contribution >= 0.6 is 0 Å². The van der Waals surface area contributed by atoms with Crippen LogP contribution < -0.4 is 0 Å². The molecule has 0 saturated heterocycles. The minimum atomic E-state index is -4.40. The summed E-state index contributed by atoms with van der Waals surface area (Å²) in [4.78, 5) is 3.52. The lowest BCUT2D eigenvalue weighted by Crippen LogP contribution is -2.12. The van der Waals surface area contributed by atoms with Crippen LogP contribution in [-0.4, -0.2) is 9.55 Å². The number of nitrogens with zero attached hydrogens (tertiary/aromatic N) is 2. The van der Waals surface area contributed by atoms with Gasteiger partial charge in [0.25, 0.3) is 0 Å². The van der Waals surface area contributed by atoms with E-state index in [4.69, 9.17) is 0 Å². The summed E-state index contributed by atoms with van der Waals surface area (Å²) in [5.41, 5.74) is 0.849. The number of alkyl halides is 3. The van der Waals surface area contributed by atoms with Gasteiger partial charge in [0.15, 0.2) is 0 Å². The molecule has 0 aliphatic heterocycles. The zero-order valence-electron chi connectivity index (χ0n) is 12.0. The Labute approximate surface area is 112 Å². The maximum absolute atomic E-state index is 12.4. The van der Waals surface area contributed by atoms with Crippen molar-refractivity contribution in [2.75, 3.05) is 0 Å². The Hall–Kier alpha value is -1.52. The van der Waals surface area contributed by atoms with Crippen LogP contribution in [0.1, 0.15) is 39.9 Å². The van der Waals surface area contributed by atoms with Crippen LogP contribution in [0.5, 0.6) is 0 Å². The summed E-state index contributed by atoms with van der Waals surface area (Å²) in [6.07, 6.45) is -3.15. The largest absolute Gasteiger partial charge is 0.449 e. The van der Waals surface area contributed by atoms with Crippen LogP contribution in [0.4, 0.5) is 13.2 Å². The third-order valence-electron chi connectivity index (χ3n) is 2.04. The predicted octanol–water partition coefficient (Wildman–Crippen LogP) is 5.03. The highest BCUT2D eigenvalue weighted by molar-refractivity contribution is 5.75. The number of rotatable bonds is 0. The first-order valence-electron chi connectivity index (χ1n) is 6.40. The van der Waals surface area contributed by atoms with Gasteiger partial charge < -0.3 is 4.57 Å². The molecule has 5 heteroatoms. The fourth-order valence-corrected chi connectivity index (χ4v) is 1.40. The predicted molar refractivity (Wildman–Crippen MR) is 73.0 cm³/mol. The Balaban J connectivity index is 0.000000573. The monoisotopic (exact) mass is 274 g/mol. The van der Waals surface area contributed by atoms with Gasteiger partial charge in [-0.2, -0.15) is 13.2 Å². The lowest BCUT2D eigenvalue weighted by atomic mass is 10.3. The highest BCUT2D eigenvalue weighted by Crippen LogP contribution is 2.30. The van der Waals surface area contributed by atoms with Crippen molar-refractivity contribution in [3.63, 3.8) is 0 Å². The molecule has 2 rings (SSSR count). The van der Waals surface area contributed by atoms with Crippen molar-refractivity contribution in [3.8, 4) is 0 Å². The van der Waals surface area contributed by atoms with E-state index in [1.165, 1.54) is 13.5 Å². The standard InChI is InChI=1S/C9H7F3N2.C3H8.C2H6/c1-14-7-5-3-2-4-6(7)13-8(14)9(10,11)12;1-3-2;1-2/h2-5H,1H3;3H2,1-2H3;1-2H3. The molecule has 2 nitrogen and oxygen atoms in total. The molecular weight excluding hydrogens is 253 g/mol. The molecule has 1 aromatic heterocycles. The van der Waals surface area contributed by atoms with Crippen molar-refractivity contribution >= 4 is 11.0 Å². The molecule has 0 radical (unpaired) electrons. The van der Waals surface area contributed by atoms with Gasteiger partial charge in [-0.15, -0.1) is 0 Å². The lowest BCUT2D eigenvalue weighted by Gasteiger charge is -2.05. The van der Waals surface area contributed by atoms with E-state index in [2.05, 4.69) is 18.8 Å². The van der Waals surface area contributed by atoms with E-state index >= 15 is 0 Å². The van der Waals surface area contributed by atoms with Crippen LogP contribution in [-0.2, 0) is 13.2 Å². The number of hydrogen-bond acceptors (Lipinski definition) is 1. The van der Waals surface area contributed by atoms with E-state index in [1.807, 2.05) is 13.8 Å². The van der Waals surface area contributed by atoms with Gasteiger partial charge in [-0.25, -0.2) is 4.98 Å². The number of aryl methyl sites for hydroxylation is 1. The molecule has 108 valence electrons. The minimum Gasteiger partial charge on any atom is -0.323 e. The molecular formula is C14H21F3N2. The van der Waals surface area contributed by atoms with E-state index in [1.54, 1.807) is 24.3 Å². The van der Waals surface area contributed by atoms with E-state index < -0.39 is 12.0 Å². The number of halogens is 3. The highest BCUT2D eigenvalue weighted by Gasteiger charge is 2.36. The molecule has 0 spiro atoms. The molecule has 2 aromatic rings. The number of hydrogen-bond donors (Lipinski definition) is 0. The SMILES string of the molecule is CC.CCC.Cn1c(C(F)(F)F)nc2ccccc21. The second kappa shape index (κ2) is 7.81. The quantitative estimate of drug-likeness (QED) is 0.658. The molecule has 0 atom stereocenters. The third-order valence-corrected chi connectivity index (χ3v) is 2.04. The Morgan fingerprint density at radius 2 is 1.58 bits per heavy atom. The molecule has 0 aliphatic carbocycles. The molecule has 1 heterocycles. The van der Waals surface area contributed by atoms with Crippen LogP contribution in [0.25, 0.3) is 11.0 Å². The maximum Gasteiger partial charge on any atom is 0.449 e. The van der Waals surface area contributed by atoms with Crippen LogP contribution in [0.2, 0.25) is 0 Å². The first-order chi connectivity index (χ1) is 8.91. The van der Waals surface area contributed by atoms with E-state index in [0.717, 1.165) is 4.57 Å². The van der Waals surface area contributed by atoms with Gasteiger partial charge in [0.05, 0.1) is 11.0 Å². The summed E-state index contributed by atoms with van der Waals surface area (Å²) in [5.74, 6) is -0.862. The molecule has 1 aromatic carbocycles. The van der Waals surface area contributed by atoms with Crippen molar-refractivity contribution in [1.29, 1.82) is 0 Å². The van der Waals surface area contributed by atoms with E-state index in [-0.39, 0.29) is 0 Å². The van der Waals surface area contributed by atoms with Gasteiger partial charge in [-0.05, 0) is 12.1 Å². The first kappa shape index (κ1) is 17.5. The molecule has 0 amide bonds. The van der Waals surface area contributed by atoms with E-state index in [0.29, 0.717) is 11.0 Å². The third kappa shape index (κ3) is 4.58. The second-order valence-corrected chi connectivity index (χ2v) is 3.69. The Kier molecular flexibility index (Phi) is 7.19. The first-order valence-corrected chi connectivity index (χ1v) is 6.40. The van der Waals surface area contributed by atoms with Gasteiger partial charge in [-0.3, -0.25) is 0 Å². The van der Waals surface area contributed by atoms with Crippen molar-refractivity contribution < 1.29 is 13.2 Å². The summed E-state index contributed by atoms with van der Waals surface area (Å²) in [7, 11) is 1.36. The number of aromatic nitrogens is 2. The second-order valence-electron chi connectivity index (χ2n) is 3.69. The lowest BCUT2D eigenvalue weighted by molar-refractivity contribution is -0.146. The number of para-hydroxylation sites is 2. The summed E-state index contributed by atoms with van der Waals surface area (Å²) < 4.78 is 38.3. The van der Waals surface area contributed by atoms with Crippen molar-refractivity contribution in [1.82, 2.24) is 9.55 Å². The van der Waals surface area contributed by atoms with Gasteiger partial charge >= 0.3 is 6.18 Å². The molecule has 0 fully saturated rings. The Bertz CT molecular complexity index is 487. The summed E-state index contributed by atoms with van der Waals surface area (Å²) in [6, 6.07) is 6.52. The molecule has 0 saturated carbocycles. The van der Waals surface area contributed by atoms with Gasteiger partial charge in [-0.1, -0.05) is 46.2 Å². The summed E-state index contributed by atoms with van der Waals surface area (Å²) >= 11 is 0. The summed E-state index contributed by atoms with van der Waals surface area (Å²) in [6.45, 7) is 8.25. The highest BCUT2D eigenvalue weighted by atomic mass is 19.4. The average Bonchev–Trinajstić information content (AvgIpc) is 2.71. The van der Waals surface area contributed by atoms with E-state index in [9.17, 15) is 13.2 Å². The summed E-state index contributed by atoms with van der Waals surface area (Å²) in [5, 5.41) is 0. The fourth-order valence-electron chi connectivity index (χ4n) is 1.40. The fraction of sp³-hybridized carbons (Fsp3) is 0.500. The van der Waals surface area contributed by atoms with Crippen molar-refractivity contribution in [2.24, 2.45) is 7.05 Å². The van der Waals surface area contributed by atoms with Crippen LogP contribution in [0, 0.1) is 0 Å². The topological polar surface area (TPSA) is 17.8 Å². The van der Waals surface area contributed by atoms with Gasteiger partial charge in [0, 0.05) is 7.05 Å². The average molecular weight is 274 g/mol. The zero-order chi connectivity index (χ0) is 15.1. The van der Waals surface area contributed by atoms with Gasteiger partial charge in [0.1, 0.15) is 0 Å². The molecule has 0 bridgehead atoms. The molecule has 19 heavy (non-hydrogen) atoms. The molecule has 0 N–H and O–H groups in total. The number of fused-ring (bicyclic) bond motifs is 1. The zero-order valence-corrected chi connectivity index (χ0v) is 12.0. The van der Waals surface area contributed by atoms with Crippen molar-refractivity contribution in [2.45, 2.75) is 40.3 Å². The van der Waals surface area contributed by atoms with Crippen molar-refractivity contribution in [3.05, 3.63) is 30.1 Å².